The molecule has 1 aromatic rings. The summed E-state index contributed by atoms with van der Waals surface area (Å²) in [6.07, 6.45) is 0. The van der Waals surface area contributed by atoms with E-state index in [2.05, 4.69) is 4.74 Å². The highest BCUT2D eigenvalue weighted by Crippen LogP contribution is 2.32. The van der Waals surface area contributed by atoms with Crippen LogP contribution in [-0.2, 0) is 4.74 Å². The Bertz CT molecular complexity index is 431. The standard InChI is InChI=1S/C8H6INO5/c1-15-8(12)4-2-5(9)7(11)6(3-4)10(13)14/h2-3,11H,1H3. The number of hydrogen-bond donors (Lipinski definition) is 1. The molecular formula is C8H6INO5. The van der Waals surface area contributed by atoms with Crippen LogP contribution in [-0.4, -0.2) is 23.1 Å². The number of nitro benzene ring substituents is 1. The normalized spacial score (nSPS) is 9.73. The molecule has 0 fully saturated rings. The molecule has 0 amide bonds. The third-order valence-corrected chi connectivity index (χ3v) is 2.48. The quantitative estimate of drug-likeness (QED) is 0.387. The first-order valence-corrected chi connectivity index (χ1v) is 4.80. The number of halogens is 1. The molecule has 0 saturated heterocycles. The lowest BCUT2D eigenvalue weighted by atomic mass is 10.2. The summed E-state index contributed by atoms with van der Waals surface area (Å²) in [7, 11) is 1.17. The number of phenolic OH excluding ortho intramolecular Hbond substituents is 1. The Balaban J connectivity index is 3.35. The molecular weight excluding hydrogens is 317 g/mol. The van der Waals surface area contributed by atoms with Gasteiger partial charge in [0.15, 0.2) is 0 Å². The summed E-state index contributed by atoms with van der Waals surface area (Å²) in [6, 6.07) is 2.29. The van der Waals surface area contributed by atoms with E-state index in [0.717, 1.165) is 6.07 Å². The maximum Gasteiger partial charge on any atom is 0.338 e. The van der Waals surface area contributed by atoms with Crippen LogP contribution in [0.1, 0.15) is 10.4 Å². The molecule has 0 aromatic heterocycles. The first kappa shape index (κ1) is 11.7. The fourth-order valence-electron chi connectivity index (χ4n) is 0.959. The molecule has 80 valence electrons. The highest BCUT2D eigenvalue weighted by molar-refractivity contribution is 14.1. The highest BCUT2D eigenvalue weighted by Gasteiger charge is 2.20. The molecule has 0 saturated carbocycles. The Morgan fingerprint density at radius 3 is 2.67 bits per heavy atom. The van der Waals surface area contributed by atoms with Gasteiger partial charge < -0.3 is 9.84 Å². The predicted molar refractivity (Wildman–Crippen MR) is 58.8 cm³/mol. The lowest BCUT2D eigenvalue weighted by Crippen LogP contribution is -2.03. The summed E-state index contributed by atoms with van der Waals surface area (Å²) in [5.41, 5.74) is -0.478. The number of benzene rings is 1. The Kier molecular flexibility index (Phi) is 3.45. The van der Waals surface area contributed by atoms with E-state index in [1.54, 1.807) is 22.6 Å². The lowest BCUT2D eigenvalue weighted by Gasteiger charge is -2.02. The molecule has 0 atom stereocenters. The second-order valence-corrected chi connectivity index (χ2v) is 3.74. The Hall–Kier alpha value is -1.38. The molecule has 1 rings (SSSR count). The van der Waals surface area contributed by atoms with Gasteiger partial charge in [0.1, 0.15) is 0 Å². The molecule has 0 spiro atoms. The van der Waals surface area contributed by atoms with E-state index in [1.807, 2.05) is 0 Å². The van der Waals surface area contributed by atoms with E-state index in [4.69, 9.17) is 0 Å². The molecule has 0 heterocycles. The number of carbonyl (C=O) groups excluding carboxylic acids is 1. The summed E-state index contributed by atoms with van der Waals surface area (Å²) < 4.78 is 4.64. The monoisotopic (exact) mass is 323 g/mol. The zero-order chi connectivity index (χ0) is 11.6. The minimum atomic E-state index is -0.760. The number of esters is 1. The van der Waals surface area contributed by atoms with Gasteiger partial charge in [-0.05, 0) is 28.7 Å². The molecule has 7 heteroatoms. The molecule has 1 aromatic carbocycles. The average Bonchev–Trinajstić information content (AvgIpc) is 2.20. The van der Waals surface area contributed by atoms with Gasteiger partial charge in [-0.3, -0.25) is 10.1 Å². The van der Waals surface area contributed by atoms with E-state index >= 15 is 0 Å². The predicted octanol–water partition coefficient (Wildman–Crippen LogP) is 1.69. The first-order valence-electron chi connectivity index (χ1n) is 3.72. The third-order valence-electron chi connectivity index (χ3n) is 1.66. The number of carbonyl (C=O) groups is 1. The van der Waals surface area contributed by atoms with Crippen LogP contribution in [0, 0.1) is 13.7 Å². The summed E-state index contributed by atoms with van der Waals surface area (Å²) in [5.74, 6) is -1.13. The van der Waals surface area contributed by atoms with Crippen molar-refractivity contribution in [3.05, 3.63) is 31.4 Å². The lowest BCUT2D eigenvalue weighted by molar-refractivity contribution is -0.386. The number of nitro groups is 1. The minimum Gasteiger partial charge on any atom is -0.501 e. The van der Waals surface area contributed by atoms with Gasteiger partial charge in [0, 0.05) is 6.07 Å². The van der Waals surface area contributed by atoms with Crippen molar-refractivity contribution in [2.45, 2.75) is 0 Å². The van der Waals surface area contributed by atoms with Crippen LogP contribution in [0.2, 0.25) is 0 Å². The van der Waals surface area contributed by atoms with Crippen molar-refractivity contribution in [2.24, 2.45) is 0 Å². The highest BCUT2D eigenvalue weighted by atomic mass is 127. The van der Waals surface area contributed by atoms with Crippen molar-refractivity contribution in [3.8, 4) is 5.75 Å². The van der Waals surface area contributed by atoms with Crippen molar-refractivity contribution in [1.29, 1.82) is 0 Å². The molecule has 0 unspecified atom stereocenters. The van der Waals surface area contributed by atoms with E-state index in [0.29, 0.717) is 0 Å². The second-order valence-electron chi connectivity index (χ2n) is 2.57. The molecule has 6 nitrogen and oxygen atoms in total. The summed E-state index contributed by atoms with van der Waals surface area (Å²) in [4.78, 5) is 20.9. The van der Waals surface area contributed by atoms with Crippen LogP contribution in [0.15, 0.2) is 12.1 Å². The van der Waals surface area contributed by atoms with Gasteiger partial charge in [0.05, 0.1) is 21.2 Å². The molecule has 0 bridgehead atoms. The van der Waals surface area contributed by atoms with Crippen LogP contribution < -0.4 is 0 Å². The van der Waals surface area contributed by atoms with E-state index in [9.17, 15) is 20.0 Å². The van der Waals surface area contributed by atoms with Crippen LogP contribution in [0.3, 0.4) is 0 Å². The fourth-order valence-corrected chi connectivity index (χ4v) is 1.57. The van der Waals surface area contributed by atoms with Crippen LogP contribution >= 0.6 is 22.6 Å². The van der Waals surface area contributed by atoms with Gasteiger partial charge in [0.2, 0.25) is 5.75 Å². The molecule has 15 heavy (non-hydrogen) atoms. The molecule has 0 aliphatic carbocycles. The Morgan fingerprint density at radius 2 is 2.20 bits per heavy atom. The van der Waals surface area contributed by atoms with Crippen LogP contribution in [0.5, 0.6) is 5.75 Å². The molecule has 0 radical (unpaired) electrons. The number of methoxy groups -OCH3 is 1. The summed E-state index contributed by atoms with van der Waals surface area (Å²) >= 11 is 1.70. The average molecular weight is 323 g/mol. The summed E-state index contributed by atoms with van der Waals surface area (Å²) in [5, 5.41) is 19.9. The van der Waals surface area contributed by atoms with Gasteiger partial charge >= 0.3 is 11.7 Å². The maximum absolute atomic E-state index is 11.1. The van der Waals surface area contributed by atoms with Crippen molar-refractivity contribution in [2.75, 3.05) is 7.11 Å². The van der Waals surface area contributed by atoms with Crippen LogP contribution in [0.25, 0.3) is 0 Å². The van der Waals surface area contributed by atoms with Crippen molar-refractivity contribution in [3.63, 3.8) is 0 Å². The molecule has 0 aliphatic heterocycles. The fraction of sp³-hybridized carbons (Fsp3) is 0.125. The largest absolute Gasteiger partial charge is 0.501 e. The van der Waals surface area contributed by atoms with Gasteiger partial charge in [-0.15, -0.1) is 0 Å². The topological polar surface area (TPSA) is 89.7 Å². The maximum atomic E-state index is 11.1. The number of phenols is 1. The molecule has 1 N–H and O–H groups in total. The van der Waals surface area contributed by atoms with Gasteiger partial charge in [-0.1, -0.05) is 0 Å². The zero-order valence-corrected chi connectivity index (χ0v) is 9.72. The van der Waals surface area contributed by atoms with Crippen molar-refractivity contribution < 1.29 is 19.6 Å². The van der Waals surface area contributed by atoms with Gasteiger partial charge in [0.25, 0.3) is 0 Å². The number of aromatic hydroxyl groups is 1. The van der Waals surface area contributed by atoms with Gasteiger partial charge in [-0.2, -0.15) is 0 Å². The second kappa shape index (κ2) is 4.43. The van der Waals surface area contributed by atoms with Crippen molar-refractivity contribution >= 4 is 34.2 Å². The van der Waals surface area contributed by atoms with E-state index < -0.39 is 22.3 Å². The molecule has 0 aliphatic rings. The minimum absolute atomic E-state index is 0.0337. The number of hydrogen-bond acceptors (Lipinski definition) is 5. The Labute approximate surface area is 98.1 Å². The SMILES string of the molecule is COC(=O)c1cc(I)c(O)c([N+](=O)[O-])c1. The van der Waals surface area contributed by atoms with E-state index in [1.165, 1.54) is 13.2 Å². The number of nitrogens with zero attached hydrogens (tertiary/aromatic N) is 1. The number of rotatable bonds is 2. The van der Waals surface area contributed by atoms with Gasteiger partial charge in [-0.25, -0.2) is 4.79 Å². The van der Waals surface area contributed by atoms with Crippen molar-refractivity contribution in [1.82, 2.24) is 0 Å². The zero-order valence-electron chi connectivity index (χ0n) is 7.56. The Morgan fingerprint density at radius 1 is 1.60 bits per heavy atom. The summed E-state index contributed by atoms with van der Waals surface area (Å²) in [6.45, 7) is 0. The number of ether oxygens (including phenoxy) is 1. The van der Waals surface area contributed by atoms with Crippen LogP contribution in [0.4, 0.5) is 5.69 Å². The third kappa shape index (κ3) is 2.35. The first-order chi connectivity index (χ1) is 6.97. The van der Waals surface area contributed by atoms with E-state index in [-0.39, 0.29) is 9.13 Å². The smallest absolute Gasteiger partial charge is 0.338 e.